The van der Waals surface area contributed by atoms with E-state index in [0.29, 0.717) is 0 Å². The first kappa shape index (κ1) is 19.7. The molecule has 0 aliphatic carbocycles. The van der Waals surface area contributed by atoms with Crippen molar-refractivity contribution in [2.45, 2.75) is 82.9 Å². The second-order valence-electron chi connectivity index (χ2n) is 5.45. The molecular formula is C18H33ClO. The van der Waals surface area contributed by atoms with E-state index >= 15 is 0 Å². The van der Waals surface area contributed by atoms with Gasteiger partial charge in [-0.3, -0.25) is 0 Å². The van der Waals surface area contributed by atoms with Crippen LogP contribution in [-0.2, 0) is 0 Å². The minimum Gasteiger partial charge on any atom is -0.395 e. The van der Waals surface area contributed by atoms with Gasteiger partial charge in [-0.05, 0) is 38.5 Å². The highest BCUT2D eigenvalue weighted by atomic mass is 35.5. The number of halogens is 1. The predicted molar refractivity (Wildman–Crippen MR) is 91.5 cm³/mol. The van der Waals surface area contributed by atoms with Crippen molar-refractivity contribution in [2.75, 3.05) is 6.61 Å². The van der Waals surface area contributed by atoms with Crippen molar-refractivity contribution in [1.29, 1.82) is 0 Å². The van der Waals surface area contributed by atoms with Gasteiger partial charge in [0.15, 0.2) is 0 Å². The fourth-order valence-electron chi connectivity index (χ4n) is 2.09. The molecule has 0 aromatic rings. The molecule has 0 aliphatic heterocycles. The topological polar surface area (TPSA) is 20.2 Å². The Hall–Kier alpha value is -0.270. The van der Waals surface area contributed by atoms with Crippen LogP contribution in [0, 0.1) is 0 Å². The van der Waals surface area contributed by atoms with Crippen LogP contribution in [0.15, 0.2) is 24.3 Å². The Balaban J connectivity index is 3.19. The molecule has 0 saturated heterocycles. The van der Waals surface area contributed by atoms with Gasteiger partial charge in [-0.25, -0.2) is 0 Å². The Kier molecular flexibility index (Phi) is 16.6. The smallest absolute Gasteiger partial charge is 0.0595 e. The highest BCUT2D eigenvalue weighted by Crippen LogP contribution is 2.11. The molecule has 0 heterocycles. The van der Waals surface area contributed by atoms with Crippen LogP contribution < -0.4 is 0 Å². The molecule has 0 radical (unpaired) electrons. The van der Waals surface area contributed by atoms with Crippen molar-refractivity contribution in [3.8, 4) is 0 Å². The Bertz CT molecular complexity index is 236. The predicted octanol–water partition coefficient (Wildman–Crippen LogP) is 6.01. The highest BCUT2D eigenvalue weighted by molar-refractivity contribution is 6.20. The second-order valence-corrected chi connectivity index (χ2v) is 6.06. The fourth-order valence-corrected chi connectivity index (χ4v) is 2.25. The molecule has 0 spiro atoms. The molecule has 0 saturated carbocycles. The summed E-state index contributed by atoms with van der Waals surface area (Å²) < 4.78 is 0. The standard InChI is InChI=1S/C18H33ClO/c1-2-3-4-5-6-7-8-9-10-11-12-13-14-15-16-18(19)17-20/h6-7,9-10,18,20H,2-5,8,11-17H2,1H3/b7-6-,10-9-. The van der Waals surface area contributed by atoms with Gasteiger partial charge in [0.25, 0.3) is 0 Å². The molecule has 1 atom stereocenters. The van der Waals surface area contributed by atoms with Gasteiger partial charge in [0.2, 0.25) is 0 Å². The zero-order chi connectivity index (χ0) is 14.9. The molecule has 2 heteroatoms. The number of aliphatic hydroxyl groups excluding tert-OH is 1. The highest BCUT2D eigenvalue weighted by Gasteiger charge is 2.00. The van der Waals surface area contributed by atoms with Crippen molar-refractivity contribution in [3.63, 3.8) is 0 Å². The lowest BCUT2D eigenvalue weighted by Gasteiger charge is -2.04. The number of alkyl halides is 1. The minimum absolute atomic E-state index is 0.0426. The number of aliphatic hydroxyl groups is 1. The van der Waals surface area contributed by atoms with Crippen LogP contribution in [0.1, 0.15) is 77.6 Å². The maximum absolute atomic E-state index is 8.79. The summed E-state index contributed by atoms with van der Waals surface area (Å²) in [6, 6.07) is 0. The van der Waals surface area contributed by atoms with E-state index in [-0.39, 0.29) is 12.0 Å². The summed E-state index contributed by atoms with van der Waals surface area (Å²) in [4.78, 5) is 0. The third-order valence-electron chi connectivity index (χ3n) is 3.42. The first-order valence-electron chi connectivity index (χ1n) is 8.36. The summed E-state index contributed by atoms with van der Waals surface area (Å²) in [5.74, 6) is 0. The first-order chi connectivity index (χ1) is 9.81. The quantitative estimate of drug-likeness (QED) is 0.237. The Morgan fingerprint density at radius 1 is 0.850 bits per heavy atom. The number of hydrogen-bond acceptors (Lipinski definition) is 1. The minimum atomic E-state index is -0.0426. The van der Waals surface area contributed by atoms with Crippen molar-refractivity contribution in [1.82, 2.24) is 0 Å². The van der Waals surface area contributed by atoms with E-state index in [2.05, 4.69) is 31.2 Å². The summed E-state index contributed by atoms with van der Waals surface area (Å²) in [5.41, 5.74) is 0. The monoisotopic (exact) mass is 300 g/mol. The Morgan fingerprint density at radius 2 is 1.45 bits per heavy atom. The molecular weight excluding hydrogens is 268 g/mol. The normalized spacial score (nSPS) is 13.6. The molecule has 0 amide bonds. The van der Waals surface area contributed by atoms with E-state index in [1.165, 1.54) is 51.4 Å². The van der Waals surface area contributed by atoms with Crippen LogP contribution >= 0.6 is 11.6 Å². The van der Waals surface area contributed by atoms with Gasteiger partial charge in [0.05, 0.1) is 12.0 Å². The van der Waals surface area contributed by atoms with Gasteiger partial charge in [0, 0.05) is 0 Å². The third kappa shape index (κ3) is 15.8. The summed E-state index contributed by atoms with van der Waals surface area (Å²) in [5, 5.41) is 8.75. The lowest BCUT2D eigenvalue weighted by Crippen LogP contribution is -2.03. The largest absolute Gasteiger partial charge is 0.395 e. The van der Waals surface area contributed by atoms with E-state index in [1.807, 2.05) is 0 Å². The van der Waals surface area contributed by atoms with Crippen LogP contribution in [0.5, 0.6) is 0 Å². The molecule has 0 aliphatic rings. The van der Waals surface area contributed by atoms with Crippen molar-refractivity contribution in [3.05, 3.63) is 24.3 Å². The summed E-state index contributed by atoms with van der Waals surface area (Å²) in [6.45, 7) is 2.35. The van der Waals surface area contributed by atoms with Gasteiger partial charge < -0.3 is 5.11 Å². The van der Waals surface area contributed by atoms with E-state index in [0.717, 1.165) is 19.3 Å². The average Bonchev–Trinajstić information content (AvgIpc) is 2.47. The molecule has 0 rings (SSSR count). The van der Waals surface area contributed by atoms with Gasteiger partial charge in [0.1, 0.15) is 0 Å². The number of allylic oxidation sites excluding steroid dienone is 4. The van der Waals surface area contributed by atoms with Crippen molar-refractivity contribution >= 4 is 11.6 Å². The first-order valence-corrected chi connectivity index (χ1v) is 8.79. The SMILES string of the molecule is CCCCC/C=C\C/C=C\CCCCCCC(Cl)CO. The molecule has 1 unspecified atom stereocenters. The van der Waals surface area contributed by atoms with Gasteiger partial charge in [-0.1, -0.05) is 63.3 Å². The summed E-state index contributed by atoms with van der Waals surface area (Å²) in [7, 11) is 0. The Labute approximate surface area is 131 Å². The summed E-state index contributed by atoms with van der Waals surface area (Å²) >= 11 is 5.85. The van der Waals surface area contributed by atoms with Crippen LogP contribution in [0.4, 0.5) is 0 Å². The van der Waals surface area contributed by atoms with Gasteiger partial charge in [-0.2, -0.15) is 0 Å². The van der Waals surface area contributed by atoms with E-state index in [9.17, 15) is 0 Å². The molecule has 1 N–H and O–H groups in total. The number of hydrogen-bond donors (Lipinski definition) is 1. The van der Waals surface area contributed by atoms with Crippen LogP contribution in [0.2, 0.25) is 0 Å². The second kappa shape index (κ2) is 16.8. The van der Waals surface area contributed by atoms with Crippen LogP contribution in [0.3, 0.4) is 0 Å². The van der Waals surface area contributed by atoms with E-state index in [4.69, 9.17) is 16.7 Å². The molecule has 118 valence electrons. The van der Waals surface area contributed by atoms with E-state index < -0.39 is 0 Å². The zero-order valence-electron chi connectivity index (χ0n) is 13.2. The molecule has 0 aromatic heterocycles. The number of unbranched alkanes of at least 4 members (excludes halogenated alkanes) is 7. The van der Waals surface area contributed by atoms with Crippen LogP contribution in [-0.4, -0.2) is 17.1 Å². The molecule has 0 bridgehead atoms. The van der Waals surface area contributed by atoms with Gasteiger partial charge >= 0.3 is 0 Å². The molecule has 0 aromatic carbocycles. The summed E-state index contributed by atoms with van der Waals surface area (Å²) in [6.07, 6.45) is 22.5. The van der Waals surface area contributed by atoms with Crippen molar-refractivity contribution < 1.29 is 5.11 Å². The fraction of sp³-hybridized carbons (Fsp3) is 0.778. The average molecular weight is 301 g/mol. The van der Waals surface area contributed by atoms with Crippen molar-refractivity contribution in [2.24, 2.45) is 0 Å². The molecule has 1 nitrogen and oxygen atoms in total. The number of rotatable bonds is 14. The zero-order valence-corrected chi connectivity index (χ0v) is 14.0. The van der Waals surface area contributed by atoms with Gasteiger partial charge in [-0.15, -0.1) is 11.6 Å². The van der Waals surface area contributed by atoms with Crippen LogP contribution in [0.25, 0.3) is 0 Å². The van der Waals surface area contributed by atoms with E-state index in [1.54, 1.807) is 0 Å². The lowest BCUT2D eigenvalue weighted by molar-refractivity contribution is 0.286. The lowest BCUT2D eigenvalue weighted by atomic mass is 10.1. The maximum atomic E-state index is 8.79. The maximum Gasteiger partial charge on any atom is 0.0595 e. The Morgan fingerprint density at radius 3 is 2.05 bits per heavy atom. The molecule has 0 fully saturated rings. The third-order valence-corrected chi connectivity index (χ3v) is 3.77. The molecule has 20 heavy (non-hydrogen) atoms.